The van der Waals surface area contributed by atoms with Crippen molar-refractivity contribution in [1.29, 1.82) is 0 Å². The highest BCUT2D eigenvalue weighted by Crippen LogP contribution is 2.52. The van der Waals surface area contributed by atoms with Crippen LogP contribution >= 0.6 is 0 Å². The third-order valence-corrected chi connectivity index (χ3v) is 29.0. The topological polar surface area (TPSA) is 66.3 Å². The summed E-state index contributed by atoms with van der Waals surface area (Å²) in [6, 6.07) is 172. The average Bonchev–Trinajstić information content (AvgIpc) is 1.60. The fraction of sp³-hybridized carbons (Fsp3) is 0.0448. The van der Waals surface area contributed by atoms with Crippen LogP contribution in [-0.2, 0) is 19.3 Å². The van der Waals surface area contributed by atoms with Gasteiger partial charge in [-0.2, -0.15) is 0 Å². The zero-order valence-electron chi connectivity index (χ0n) is 78.3. The van der Waals surface area contributed by atoms with Crippen LogP contribution in [0.2, 0.25) is 0 Å². The van der Waals surface area contributed by atoms with E-state index in [9.17, 15) is 0 Å². The largest absolute Gasteiger partial charge is 0.296 e. The van der Waals surface area contributed by atoms with Crippen LogP contribution < -0.4 is 0 Å². The van der Waals surface area contributed by atoms with Crippen LogP contribution in [0.25, 0.3) is 260 Å². The molecule has 0 N–H and O–H groups in total. The quantitative estimate of drug-likeness (QED) is 0.0757. The number of rotatable bonds is 19. The van der Waals surface area contributed by atoms with Gasteiger partial charge in [0.1, 0.15) is 17.5 Å². The normalized spacial score (nSPS) is 11.7. The van der Waals surface area contributed by atoms with Crippen LogP contribution in [0, 0.1) is 0 Å². The molecule has 7 nitrogen and oxygen atoms in total. The predicted molar refractivity (Wildman–Crippen MR) is 592 cm³/mol. The van der Waals surface area contributed by atoms with Crippen molar-refractivity contribution in [3.8, 4) is 162 Å². The minimum atomic E-state index is 0.751. The summed E-state index contributed by atoms with van der Waals surface area (Å²) in [5.74, 6) is 3.06. The first-order valence-corrected chi connectivity index (χ1v) is 49.1. The van der Waals surface area contributed by atoms with Crippen molar-refractivity contribution in [2.75, 3.05) is 0 Å². The van der Waals surface area contributed by atoms with Crippen LogP contribution in [0.3, 0.4) is 0 Å². The summed E-state index contributed by atoms with van der Waals surface area (Å²) < 4.78 is 6.99. The van der Waals surface area contributed by atoms with E-state index in [0.717, 1.165) is 159 Å². The van der Waals surface area contributed by atoms with E-state index < -0.39 is 0 Å². The van der Waals surface area contributed by atoms with Gasteiger partial charge in [-0.3, -0.25) is 18.7 Å². The lowest BCUT2D eigenvalue weighted by Crippen LogP contribution is -2.00. The van der Waals surface area contributed by atoms with Gasteiger partial charge in [-0.15, -0.1) is 0 Å². The Morgan fingerprint density at radius 2 is 0.496 bits per heavy atom. The lowest BCUT2D eigenvalue weighted by Gasteiger charge is -2.21. The number of fused-ring (bicyclic) bond motifs is 9. The highest BCUT2D eigenvalue weighted by atomic mass is 15.1. The second-order valence-corrected chi connectivity index (χ2v) is 36.9. The third-order valence-electron chi connectivity index (χ3n) is 29.0. The van der Waals surface area contributed by atoms with E-state index in [1.54, 1.807) is 0 Å². The standard InChI is InChI=1S/C134H93N7/c1-4-125-136-120-53-28-29-54-122(120)139(125)99-70-60-90(61-71-99)129-107-42-18-16-40-105(107)128(106-41-17-19-43-108(106)129)89-58-56-86(57-59-89)98-68-78-119(135-84-98)96-69-79-123-121(83-96)137-126(5-2)140(123)100-72-62-91(63-73-100)130-109-44-20-22-46-111(109)132(112-47-23-21-45-110(112)130)97-67-77-103(117(82-97)88-36-14-9-15-37-88)94-38-30-39-95(80-94)104-52-31-55-124-134(104)138-127(6-3)141(124)101-74-64-92(65-75-101)131-113-48-24-26-50-115(113)133(116-51-27-25-49-114(116)131)118-81-93(85-32-10-7-11-33-85)66-76-102(118)87-34-12-8-13-35-87/h7-84H,4-6H2,1-3H3. The SMILES string of the molecule is CCc1nc2ccccc2n1-c1ccc(-c2c3ccccc3c(-c3ccc(-c4ccc(-c5ccc6c(c5)nc(CC)n6-c5ccc(-c6c7ccccc7c(-c7ccc(-c8cccc(-c9cccc%10c9nc(CC)n%10-c9ccc(-c%10c%11ccccc%11c(-c%11cc(-c%12ccccc%12)ccc%11-c%11ccccc%11)c%11ccccc%10%11)cc9)c8)c(-c8ccccc8)c7)c7ccccc67)cc5)nc4)cc3)c3ccccc23)cc1. The Hall–Kier alpha value is -18.0. The van der Waals surface area contributed by atoms with Gasteiger partial charge in [0.05, 0.1) is 38.8 Å². The second kappa shape index (κ2) is 34.9. The van der Waals surface area contributed by atoms with E-state index in [2.05, 4.69) is 502 Å². The number of imidazole rings is 3. The summed E-state index contributed by atoms with van der Waals surface area (Å²) in [7, 11) is 0. The number of hydrogen-bond acceptors (Lipinski definition) is 4. The maximum atomic E-state index is 5.56. The Bertz CT molecular complexity index is 9250. The van der Waals surface area contributed by atoms with Crippen molar-refractivity contribution in [3.05, 3.63) is 491 Å². The number of benzene rings is 22. The molecule has 26 rings (SSSR count). The monoisotopic (exact) mass is 1800 g/mol. The molecule has 141 heavy (non-hydrogen) atoms. The molecule has 26 aromatic rings. The zero-order valence-corrected chi connectivity index (χ0v) is 78.3. The van der Waals surface area contributed by atoms with Crippen molar-refractivity contribution >= 4 is 97.7 Å². The van der Waals surface area contributed by atoms with Crippen molar-refractivity contribution in [2.24, 2.45) is 0 Å². The maximum absolute atomic E-state index is 5.56. The lowest BCUT2D eigenvalue weighted by molar-refractivity contribution is 0.908. The molecule has 22 aromatic carbocycles. The third kappa shape index (κ3) is 14.3. The molecule has 4 aromatic heterocycles. The predicted octanol–water partition coefficient (Wildman–Crippen LogP) is 35.4. The van der Waals surface area contributed by atoms with Crippen LogP contribution in [0.5, 0.6) is 0 Å². The molecule has 0 aliphatic rings. The van der Waals surface area contributed by atoms with Crippen LogP contribution in [-0.4, -0.2) is 33.6 Å². The Balaban J connectivity index is 0.483. The lowest BCUT2D eigenvalue weighted by atomic mass is 9.83. The molecule has 0 amide bonds. The van der Waals surface area contributed by atoms with Gasteiger partial charge in [0.15, 0.2) is 0 Å². The Labute approximate surface area is 818 Å². The van der Waals surface area contributed by atoms with Crippen LogP contribution in [0.4, 0.5) is 0 Å². The first kappa shape index (κ1) is 83.5. The molecule has 0 atom stereocenters. The zero-order chi connectivity index (χ0) is 93.7. The summed E-state index contributed by atoms with van der Waals surface area (Å²) in [6.45, 7) is 6.58. The van der Waals surface area contributed by atoms with Gasteiger partial charge in [0.2, 0.25) is 0 Å². The number of aromatic nitrogens is 7. The Morgan fingerprint density at radius 3 is 0.965 bits per heavy atom. The number of para-hydroxylation sites is 3. The molecule has 7 heteroatoms. The van der Waals surface area contributed by atoms with E-state index >= 15 is 0 Å². The Morgan fingerprint density at radius 1 is 0.177 bits per heavy atom. The molecule has 0 unspecified atom stereocenters. The first-order chi connectivity index (χ1) is 69.8. The smallest absolute Gasteiger partial charge is 0.114 e. The highest BCUT2D eigenvalue weighted by molar-refractivity contribution is 6.25. The molecule has 0 radical (unpaired) electrons. The van der Waals surface area contributed by atoms with Crippen molar-refractivity contribution in [1.82, 2.24) is 33.6 Å². The molecular weight excluding hydrogens is 1710 g/mol. The first-order valence-electron chi connectivity index (χ1n) is 49.1. The van der Waals surface area contributed by atoms with Gasteiger partial charge >= 0.3 is 0 Å². The van der Waals surface area contributed by atoms with Crippen molar-refractivity contribution in [2.45, 2.75) is 40.0 Å². The minimum absolute atomic E-state index is 0.751. The molecule has 0 aliphatic carbocycles. The number of aryl methyl sites for hydroxylation is 3. The molecule has 0 aliphatic heterocycles. The molecule has 0 bridgehead atoms. The minimum Gasteiger partial charge on any atom is -0.296 e. The van der Waals surface area contributed by atoms with Crippen molar-refractivity contribution < 1.29 is 0 Å². The fourth-order valence-corrected chi connectivity index (χ4v) is 22.5. The van der Waals surface area contributed by atoms with E-state index in [1.165, 1.54) is 137 Å². The van der Waals surface area contributed by atoms with Crippen LogP contribution in [0.15, 0.2) is 473 Å². The summed E-state index contributed by atoms with van der Waals surface area (Å²) in [5, 5.41) is 14.5. The van der Waals surface area contributed by atoms with E-state index in [4.69, 9.17) is 19.9 Å². The summed E-state index contributed by atoms with van der Waals surface area (Å²) in [4.78, 5) is 21.0. The van der Waals surface area contributed by atoms with Gasteiger partial charge in [0.25, 0.3) is 0 Å². The maximum Gasteiger partial charge on any atom is 0.114 e. The number of nitrogens with zero attached hydrogens (tertiary/aromatic N) is 7. The van der Waals surface area contributed by atoms with Crippen LogP contribution in [0.1, 0.15) is 38.2 Å². The van der Waals surface area contributed by atoms with Gasteiger partial charge in [-0.1, -0.05) is 397 Å². The van der Waals surface area contributed by atoms with Gasteiger partial charge in [-0.25, -0.2) is 15.0 Å². The molecule has 0 saturated heterocycles. The molecule has 0 spiro atoms. The second-order valence-electron chi connectivity index (χ2n) is 36.9. The molecular formula is C134H93N7. The fourth-order valence-electron chi connectivity index (χ4n) is 22.5. The van der Waals surface area contributed by atoms with E-state index in [-0.39, 0.29) is 0 Å². The number of pyridine rings is 1. The van der Waals surface area contributed by atoms with E-state index in [0.29, 0.717) is 0 Å². The molecule has 4 heterocycles. The van der Waals surface area contributed by atoms with E-state index in [1.807, 2.05) is 6.20 Å². The Kier molecular flexibility index (Phi) is 20.7. The molecule has 0 saturated carbocycles. The summed E-state index contributed by atoms with van der Waals surface area (Å²) >= 11 is 0. The molecule has 0 fully saturated rings. The van der Waals surface area contributed by atoms with Gasteiger partial charge in [-0.05, 0) is 278 Å². The van der Waals surface area contributed by atoms with Gasteiger partial charge in [0, 0.05) is 59.2 Å². The van der Waals surface area contributed by atoms with Gasteiger partial charge < -0.3 is 0 Å². The summed E-state index contributed by atoms with van der Waals surface area (Å²) in [6.07, 6.45) is 4.36. The highest BCUT2D eigenvalue weighted by Gasteiger charge is 2.27. The molecule has 664 valence electrons. The summed E-state index contributed by atoms with van der Waals surface area (Å²) in [5.41, 5.74) is 39.4. The average molecular weight is 1800 g/mol. The van der Waals surface area contributed by atoms with Crippen molar-refractivity contribution in [3.63, 3.8) is 0 Å². The number of hydrogen-bond donors (Lipinski definition) is 0.